The third-order valence-corrected chi connectivity index (χ3v) is 6.96. The summed E-state index contributed by atoms with van der Waals surface area (Å²) in [5, 5.41) is 3.60. The van der Waals surface area contributed by atoms with Gasteiger partial charge in [-0.05, 0) is 48.6 Å². The minimum absolute atomic E-state index is 0.339. The van der Waals surface area contributed by atoms with Crippen molar-refractivity contribution < 1.29 is 9.47 Å². The molecule has 0 amide bonds. The van der Waals surface area contributed by atoms with Gasteiger partial charge in [0.05, 0.1) is 12.7 Å². The minimum Gasteiger partial charge on any atom is -0.381 e. The Balaban J connectivity index is 1.27. The maximum atomic E-state index is 6.08. The third kappa shape index (κ3) is 5.52. The van der Waals surface area contributed by atoms with E-state index in [-0.39, 0.29) is 0 Å². The standard InChI is InChI=1S/C24H37N3O2/c1-25-23(27-13-12-24(19-27)10-3-2-4-11-24)26-17-20-6-5-7-21(16-20)18-29-22-8-14-28-15-9-22/h5-7,16,22H,2-4,8-15,17-19H2,1H3,(H,25,26). The van der Waals surface area contributed by atoms with E-state index in [2.05, 4.69) is 39.5 Å². The minimum atomic E-state index is 0.339. The molecule has 160 valence electrons. The van der Waals surface area contributed by atoms with Gasteiger partial charge in [-0.25, -0.2) is 0 Å². The van der Waals surface area contributed by atoms with Gasteiger partial charge in [0, 0.05) is 39.9 Å². The number of hydrogen-bond acceptors (Lipinski definition) is 3. The molecule has 5 nitrogen and oxygen atoms in total. The number of ether oxygens (including phenoxy) is 2. The second kappa shape index (κ2) is 9.94. The van der Waals surface area contributed by atoms with E-state index in [0.29, 0.717) is 18.1 Å². The molecule has 29 heavy (non-hydrogen) atoms. The molecule has 2 heterocycles. The summed E-state index contributed by atoms with van der Waals surface area (Å²) < 4.78 is 11.5. The Labute approximate surface area is 175 Å². The van der Waals surface area contributed by atoms with Crippen molar-refractivity contribution in [2.24, 2.45) is 10.4 Å². The smallest absolute Gasteiger partial charge is 0.193 e. The van der Waals surface area contributed by atoms with E-state index in [1.807, 2.05) is 7.05 Å². The van der Waals surface area contributed by atoms with Gasteiger partial charge in [-0.2, -0.15) is 0 Å². The molecule has 0 radical (unpaired) electrons. The fourth-order valence-corrected chi connectivity index (χ4v) is 5.23. The number of hydrogen-bond donors (Lipinski definition) is 1. The lowest BCUT2D eigenvalue weighted by Crippen LogP contribution is -2.41. The normalized spacial score (nSPS) is 22.9. The van der Waals surface area contributed by atoms with Crippen molar-refractivity contribution in [2.45, 2.75) is 70.6 Å². The molecule has 1 spiro atoms. The van der Waals surface area contributed by atoms with Gasteiger partial charge in [-0.15, -0.1) is 0 Å². The van der Waals surface area contributed by atoms with Crippen molar-refractivity contribution in [3.05, 3.63) is 35.4 Å². The Kier molecular flexibility index (Phi) is 7.09. The number of aliphatic imine (C=N–C) groups is 1. The average molecular weight is 400 g/mol. The van der Waals surface area contributed by atoms with Gasteiger partial charge in [0.25, 0.3) is 0 Å². The van der Waals surface area contributed by atoms with E-state index in [0.717, 1.165) is 45.1 Å². The van der Waals surface area contributed by atoms with Crippen LogP contribution in [-0.4, -0.2) is 50.3 Å². The van der Waals surface area contributed by atoms with E-state index in [1.54, 1.807) is 0 Å². The third-order valence-electron chi connectivity index (χ3n) is 6.96. The van der Waals surface area contributed by atoms with E-state index < -0.39 is 0 Å². The van der Waals surface area contributed by atoms with Crippen molar-refractivity contribution in [1.82, 2.24) is 10.2 Å². The number of guanidine groups is 1. The molecule has 4 rings (SSSR count). The summed E-state index contributed by atoms with van der Waals surface area (Å²) in [4.78, 5) is 7.05. The van der Waals surface area contributed by atoms with Crippen molar-refractivity contribution >= 4 is 5.96 Å². The number of nitrogens with zero attached hydrogens (tertiary/aromatic N) is 2. The van der Waals surface area contributed by atoms with Crippen LogP contribution in [0.2, 0.25) is 0 Å². The Hall–Kier alpha value is -1.59. The van der Waals surface area contributed by atoms with Crippen LogP contribution >= 0.6 is 0 Å². The van der Waals surface area contributed by atoms with Crippen LogP contribution in [0.3, 0.4) is 0 Å². The Morgan fingerprint density at radius 1 is 1.17 bits per heavy atom. The highest BCUT2D eigenvalue weighted by Crippen LogP contribution is 2.43. The Morgan fingerprint density at radius 3 is 2.76 bits per heavy atom. The van der Waals surface area contributed by atoms with Crippen LogP contribution in [0.1, 0.15) is 62.5 Å². The zero-order valence-corrected chi connectivity index (χ0v) is 18.0. The molecule has 1 aromatic carbocycles. The lowest BCUT2D eigenvalue weighted by atomic mass is 9.73. The highest BCUT2D eigenvalue weighted by atomic mass is 16.5. The Morgan fingerprint density at radius 2 is 1.97 bits per heavy atom. The van der Waals surface area contributed by atoms with Gasteiger partial charge in [0.1, 0.15) is 0 Å². The molecule has 0 aromatic heterocycles. The summed E-state index contributed by atoms with van der Waals surface area (Å²) in [7, 11) is 1.91. The fourth-order valence-electron chi connectivity index (χ4n) is 5.23. The van der Waals surface area contributed by atoms with Gasteiger partial charge in [0.2, 0.25) is 0 Å². The number of likely N-dealkylation sites (tertiary alicyclic amines) is 1. The van der Waals surface area contributed by atoms with E-state index >= 15 is 0 Å². The van der Waals surface area contributed by atoms with Crippen molar-refractivity contribution in [2.75, 3.05) is 33.4 Å². The number of nitrogens with one attached hydrogen (secondary N) is 1. The molecule has 1 aromatic rings. The first-order chi connectivity index (χ1) is 14.3. The molecule has 0 bridgehead atoms. The lowest BCUT2D eigenvalue weighted by molar-refractivity contribution is -0.0390. The van der Waals surface area contributed by atoms with Crippen LogP contribution in [0.25, 0.3) is 0 Å². The SMILES string of the molecule is CN=C(NCc1cccc(COC2CCOCC2)c1)N1CCC2(CCCCC2)C1. The van der Waals surface area contributed by atoms with Crippen molar-refractivity contribution in [3.8, 4) is 0 Å². The van der Waals surface area contributed by atoms with Crippen LogP contribution in [0, 0.1) is 5.41 Å². The molecule has 5 heteroatoms. The largest absolute Gasteiger partial charge is 0.381 e. The first-order valence-electron chi connectivity index (χ1n) is 11.5. The maximum absolute atomic E-state index is 6.08. The number of rotatable bonds is 5. The summed E-state index contributed by atoms with van der Waals surface area (Å²) in [5.41, 5.74) is 3.08. The molecule has 2 saturated heterocycles. The topological polar surface area (TPSA) is 46.1 Å². The zero-order chi connectivity index (χ0) is 19.9. The summed E-state index contributed by atoms with van der Waals surface area (Å²) in [6.07, 6.45) is 10.7. The quantitative estimate of drug-likeness (QED) is 0.598. The van der Waals surface area contributed by atoms with Crippen LogP contribution in [0.4, 0.5) is 0 Å². The second-order valence-electron chi connectivity index (χ2n) is 9.08. The van der Waals surface area contributed by atoms with Crippen LogP contribution < -0.4 is 5.32 Å². The van der Waals surface area contributed by atoms with Crippen LogP contribution in [0.15, 0.2) is 29.3 Å². The van der Waals surface area contributed by atoms with Crippen molar-refractivity contribution in [3.63, 3.8) is 0 Å². The van der Waals surface area contributed by atoms with Gasteiger partial charge in [0.15, 0.2) is 5.96 Å². The summed E-state index contributed by atoms with van der Waals surface area (Å²) in [6.45, 7) is 5.45. The fraction of sp³-hybridized carbons (Fsp3) is 0.708. The monoisotopic (exact) mass is 399 g/mol. The summed E-state index contributed by atoms with van der Waals surface area (Å²) in [6, 6.07) is 8.73. The molecule has 2 aliphatic heterocycles. The van der Waals surface area contributed by atoms with E-state index in [4.69, 9.17) is 9.47 Å². The summed E-state index contributed by atoms with van der Waals surface area (Å²) >= 11 is 0. The molecular weight excluding hydrogens is 362 g/mol. The first kappa shape index (κ1) is 20.7. The highest BCUT2D eigenvalue weighted by Gasteiger charge is 2.39. The van der Waals surface area contributed by atoms with E-state index in [9.17, 15) is 0 Å². The lowest BCUT2D eigenvalue weighted by Gasteiger charge is -2.33. The molecule has 0 unspecified atom stereocenters. The molecule has 3 fully saturated rings. The average Bonchev–Trinajstić information content (AvgIpc) is 3.17. The van der Waals surface area contributed by atoms with Gasteiger partial charge < -0.3 is 19.7 Å². The predicted octanol–water partition coefficient (Wildman–Crippen LogP) is 4.11. The second-order valence-corrected chi connectivity index (χ2v) is 9.08. The van der Waals surface area contributed by atoms with Gasteiger partial charge in [-0.3, -0.25) is 4.99 Å². The zero-order valence-electron chi connectivity index (χ0n) is 18.0. The predicted molar refractivity (Wildman–Crippen MR) is 117 cm³/mol. The van der Waals surface area contributed by atoms with Crippen molar-refractivity contribution in [1.29, 1.82) is 0 Å². The van der Waals surface area contributed by atoms with E-state index in [1.165, 1.54) is 56.2 Å². The number of benzene rings is 1. The highest BCUT2D eigenvalue weighted by molar-refractivity contribution is 5.80. The molecule has 1 saturated carbocycles. The summed E-state index contributed by atoms with van der Waals surface area (Å²) in [5.74, 6) is 1.05. The molecule has 0 atom stereocenters. The molecule has 1 N–H and O–H groups in total. The maximum Gasteiger partial charge on any atom is 0.193 e. The molecular formula is C24H37N3O2. The van der Waals surface area contributed by atoms with Gasteiger partial charge in [-0.1, -0.05) is 43.5 Å². The Bertz CT molecular complexity index is 678. The molecule has 1 aliphatic carbocycles. The first-order valence-corrected chi connectivity index (χ1v) is 11.5. The van der Waals surface area contributed by atoms with Crippen LogP contribution in [-0.2, 0) is 22.6 Å². The molecule has 3 aliphatic rings. The van der Waals surface area contributed by atoms with Gasteiger partial charge >= 0.3 is 0 Å². The van der Waals surface area contributed by atoms with Crippen LogP contribution in [0.5, 0.6) is 0 Å².